The summed E-state index contributed by atoms with van der Waals surface area (Å²) < 4.78 is 22.4. The second-order valence-corrected chi connectivity index (χ2v) is 7.55. The molecule has 0 aliphatic carbocycles. The zero-order valence-electron chi connectivity index (χ0n) is 13.7. The first-order chi connectivity index (χ1) is 10.5. The van der Waals surface area contributed by atoms with Crippen LogP contribution in [0.25, 0.3) is 0 Å². The van der Waals surface area contributed by atoms with Gasteiger partial charge in [0, 0.05) is 32.4 Å². The van der Waals surface area contributed by atoms with Crippen molar-refractivity contribution in [3.05, 3.63) is 0 Å². The zero-order valence-corrected chi connectivity index (χ0v) is 15.5. The van der Waals surface area contributed by atoms with E-state index in [0.29, 0.717) is 32.4 Å². The number of hydrogen-bond donors (Lipinski definition) is 3. The topological polar surface area (TPSA) is 89.4 Å². The van der Waals surface area contributed by atoms with Crippen LogP contribution in [0, 0.1) is 0 Å². The smallest absolute Gasteiger partial charge is 0.468 e. The molecule has 0 aromatic heterocycles. The van der Waals surface area contributed by atoms with Crippen LogP contribution >= 0.6 is 12.2 Å². The summed E-state index contributed by atoms with van der Waals surface area (Å²) in [5, 5.41) is 21.0. The molecule has 0 amide bonds. The Balaban J connectivity index is 4.08. The van der Waals surface area contributed by atoms with Crippen LogP contribution in [0.15, 0.2) is 0 Å². The average molecular weight is 356 g/mol. The van der Waals surface area contributed by atoms with Crippen LogP contribution in [-0.4, -0.2) is 69.9 Å². The summed E-state index contributed by atoms with van der Waals surface area (Å²) in [6, 6.07) is 0.692. The predicted octanol–water partition coefficient (Wildman–Crippen LogP) is 0.669. The maximum absolute atomic E-state index is 9.16. The number of thiocarbonyl (C=S) groups is 1. The van der Waals surface area contributed by atoms with Crippen molar-refractivity contribution < 1.29 is 28.2 Å². The van der Waals surface area contributed by atoms with E-state index in [0.717, 1.165) is 6.42 Å². The highest BCUT2D eigenvalue weighted by molar-refractivity contribution is 7.80. The minimum absolute atomic E-state index is 0.0299. The summed E-state index contributed by atoms with van der Waals surface area (Å²) in [5.41, 5.74) is 0. The molecule has 0 aliphatic rings. The van der Waals surface area contributed by atoms with Gasteiger partial charge in [-0.2, -0.15) is 0 Å². The van der Waals surface area contributed by atoms with Crippen LogP contribution in [0.5, 0.6) is 0 Å². The highest BCUT2D eigenvalue weighted by Gasteiger charge is 2.39. The van der Waals surface area contributed by atoms with Crippen molar-refractivity contribution >= 4 is 26.2 Å². The molecule has 0 aromatic rings. The molecular weight excluding hydrogens is 326 g/mol. The molecule has 3 N–H and O–H groups in total. The maximum atomic E-state index is 9.16. The van der Waals surface area contributed by atoms with Gasteiger partial charge < -0.3 is 33.5 Å². The Morgan fingerprint density at radius 1 is 1.14 bits per heavy atom. The molecule has 0 radical (unpaired) electrons. The number of ether oxygens (including phenoxy) is 1. The van der Waals surface area contributed by atoms with Crippen LogP contribution < -0.4 is 5.32 Å². The summed E-state index contributed by atoms with van der Waals surface area (Å²) in [7, 11) is -2.61. The SMILES string of the molecule is CCO[Si](CCCNC(=S)OC[C@@H](O)CO)(OCC)OCC. The molecular formula is C13H29NO6SSi. The number of rotatable bonds is 13. The molecule has 0 saturated heterocycles. The highest BCUT2D eigenvalue weighted by atomic mass is 32.1. The molecule has 0 aliphatic heterocycles. The molecule has 0 spiro atoms. The van der Waals surface area contributed by atoms with E-state index in [1.54, 1.807) is 0 Å². The van der Waals surface area contributed by atoms with Crippen molar-refractivity contribution in [2.24, 2.45) is 0 Å². The summed E-state index contributed by atoms with van der Waals surface area (Å²) in [5.74, 6) is 0. The quantitative estimate of drug-likeness (QED) is 0.252. The Morgan fingerprint density at radius 3 is 2.14 bits per heavy atom. The second-order valence-electron chi connectivity index (χ2n) is 4.45. The summed E-state index contributed by atoms with van der Waals surface area (Å²) in [6.45, 7) is 7.65. The molecule has 1 atom stereocenters. The van der Waals surface area contributed by atoms with E-state index in [-0.39, 0.29) is 18.4 Å². The third kappa shape index (κ3) is 9.67. The van der Waals surface area contributed by atoms with Crippen LogP contribution in [0.3, 0.4) is 0 Å². The van der Waals surface area contributed by atoms with E-state index >= 15 is 0 Å². The first-order valence-corrected chi connectivity index (χ1v) is 9.98. The normalized spacial score (nSPS) is 13.0. The summed E-state index contributed by atoms with van der Waals surface area (Å²) in [6.07, 6.45) is -0.160. The molecule has 0 heterocycles. The lowest BCUT2D eigenvalue weighted by Gasteiger charge is -2.28. The fourth-order valence-electron chi connectivity index (χ4n) is 1.77. The largest absolute Gasteiger partial charge is 0.500 e. The van der Waals surface area contributed by atoms with E-state index in [4.69, 9.17) is 40.4 Å². The van der Waals surface area contributed by atoms with Crippen molar-refractivity contribution in [2.75, 3.05) is 39.6 Å². The molecule has 22 heavy (non-hydrogen) atoms. The van der Waals surface area contributed by atoms with Crippen molar-refractivity contribution in [2.45, 2.75) is 39.3 Å². The lowest BCUT2D eigenvalue weighted by atomic mass is 10.4. The van der Waals surface area contributed by atoms with Crippen LogP contribution in [0.2, 0.25) is 6.04 Å². The Kier molecular flexibility index (Phi) is 13.0. The fraction of sp³-hybridized carbons (Fsp3) is 0.923. The summed E-state index contributed by atoms with van der Waals surface area (Å²) in [4.78, 5) is 0. The Labute approximate surface area is 139 Å². The van der Waals surface area contributed by atoms with Gasteiger partial charge in [0.1, 0.15) is 12.7 Å². The molecule has 0 rings (SSSR count). The van der Waals surface area contributed by atoms with Crippen LogP contribution in [-0.2, 0) is 18.0 Å². The van der Waals surface area contributed by atoms with Gasteiger partial charge in [0.05, 0.1) is 6.61 Å². The van der Waals surface area contributed by atoms with Gasteiger partial charge in [-0.05, 0) is 39.4 Å². The molecule has 0 unspecified atom stereocenters. The minimum Gasteiger partial charge on any atom is -0.468 e. The number of nitrogens with one attached hydrogen (secondary N) is 1. The predicted molar refractivity (Wildman–Crippen MR) is 89.7 cm³/mol. The highest BCUT2D eigenvalue weighted by Crippen LogP contribution is 2.17. The minimum atomic E-state index is -2.61. The van der Waals surface area contributed by atoms with Gasteiger partial charge in [0.25, 0.3) is 5.17 Å². The molecule has 0 fully saturated rings. The lowest BCUT2D eigenvalue weighted by Crippen LogP contribution is -2.46. The second kappa shape index (κ2) is 13.2. The van der Waals surface area contributed by atoms with Gasteiger partial charge in [-0.25, -0.2) is 0 Å². The monoisotopic (exact) mass is 355 g/mol. The van der Waals surface area contributed by atoms with Crippen molar-refractivity contribution in [1.29, 1.82) is 0 Å². The lowest BCUT2D eigenvalue weighted by molar-refractivity contribution is 0.0492. The van der Waals surface area contributed by atoms with Gasteiger partial charge in [-0.15, -0.1) is 0 Å². The molecule has 0 aromatic carbocycles. The van der Waals surface area contributed by atoms with Crippen LogP contribution in [0.1, 0.15) is 27.2 Å². The third-order valence-electron chi connectivity index (χ3n) is 2.64. The molecule has 9 heteroatoms. The van der Waals surface area contributed by atoms with E-state index < -0.39 is 14.9 Å². The van der Waals surface area contributed by atoms with Gasteiger partial charge in [-0.3, -0.25) is 0 Å². The standard InChI is InChI=1S/C13H29NO6SSi/c1-4-18-22(19-5-2,20-6-3)9-7-8-14-13(21)17-11-12(16)10-15/h12,15-16H,4-11H2,1-3H3,(H,14,21)/t12-/m0/s1. The van der Waals surface area contributed by atoms with Crippen molar-refractivity contribution in [1.82, 2.24) is 5.32 Å². The number of aliphatic hydroxyl groups is 2. The number of aliphatic hydroxyl groups excluding tert-OH is 2. The molecule has 132 valence electrons. The van der Waals surface area contributed by atoms with Crippen molar-refractivity contribution in [3.63, 3.8) is 0 Å². The molecule has 0 saturated carbocycles. The van der Waals surface area contributed by atoms with Gasteiger partial charge in [0.15, 0.2) is 0 Å². The van der Waals surface area contributed by atoms with Gasteiger partial charge >= 0.3 is 8.80 Å². The first-order valence-electron chi connectivity index (χ1n) is 7.64. The third-order valence-corrected chi connectivity index (χ3v) is 6.05. The number of hydrogen-bond acceptors (Lipinski definition) is 7. The Hall–Kier alpha value is -0.293. The van der Waals surface area contributed by atoms with Gasteiger partial charge in [-0.1, -0.05) is 0 Å². The van der Waals surface area contributed by atoms with E-state index in [1.807, 2.05) is 20.8 Å². The van der Waals surface area contributed by atoms with Crippen molar-refractivity contribution in [3.8, 4) is 0 Å². The maximum Gasteiger partial charge on any atom is 0.500 e. The average Bonchev–Trinajstić information content (AvgIpc) is 2.50. The van der Waals surface area contributed by atoms with E-state index in [2.05, 4.69) is 5.32 Å². The van der Waals surface area contributed by atoms with E-state index in [1.165, 1.54) is 0 Å². The Morgan fingerprint density at radius 2 is 1.68 bits per heavy atom. The Bertz CT molecular complexity index is 281. The van der Waals surface area contributed by atoms with Gasteiger partial charge in [0.2, 0.25) is 0 Å². The fourth-order valence-corrected chi connectivity index (χ4v) is 4.55. The zero-order chi connectivity index (χ0) is 16.8. The van der Waals surface area contributed by atoms with E-state index in [9.17, 15) is 0 Å². The summed E-state index contributed by atoms with van der Waals surface area (Å²) >= 11 is 4.97. The molecule has 0 bridgehead atoms. The first kappa shape index (κ1) is 21.7. The van der Waals surface area contributed by atoms with Crippen LogP contribution in [0.4, 0.5) is 0 Å². The molecule has 7 nitrogen and oxygen atoms in total.